The van der Waals surface area contributed by atoms with Gasteiger partial charge in [-0.15, -0.1) is 0 Å². The minimum absolute atomic E-state index is 0.200. The number of unbranched alkanes of at least 4 members (excludes halogenated alkanes) is 13. The minimum atomic E-state index is -0.307. The Balaban J connectivity index is 1.52. The van der Waals surface area contributed by atoms with Crippen molar-refractivity contribution in [3.05, 3.63) is 47.8 Å². The average Bonchev–Trinajstić information content (AvgIpc) is 3.35. The van der Waals surface area contributed by atoms with Gasteiger partial charge < -0.3 is 24.0 Å². The van der Waals surface area contributed by atoms with Crippen molar-refractivity contribution >= 4 is 5.97 Å². The second-order valence-corrected chi connectivity index (χ2v) is 10.9. The van der Waals surface area contributed by atoms with Gasteiger partial charge in [0.05, 0.1) is 18.8 Å². The molecule has 0 saturated carbocycles. The van der Waals surface area contributed by atoms with Crippen LogP contribution in [0.3, 0.4) is 0 Å². The molecule has 39 heavy (non-hydrogen) atoms. The van der Waals surface area contributed by atoms with Crippen LogP contribution in [0.15, 0.2) is 36.7 Å². The number of esters is 1. The summed E-state index contributed by atoms with van der Waals surface area (Å²) in [6, 6.07) is 7.67. The van der Waals surface area contributed by atoms with Crippen molar-refractivity contribution in [2.24, 2.45) is 0 Å². The Morgan fingerprint density at radius 2 is 1.44 bits per heavy atom. The quantitative estimate of drug-likeness (QED) is 0.0973. The molecular weight excluding hydrogens is 488 g/mol. The highest BCUT2D eigenvalue weighted by atomic mass is 16.6. The predicted octanol–water partition coefficient (Wildman–Crippen LogP) is 7.92. The van der Waals surface area contributed by atoms with E-state index in [9.17, 15) is 4.79 Å². The third-order valence-electron chi connectivity index (χ3n) is 7.30. The van der Waals surface area contributed by atoms with Crippen LogP contribution in [0.2, 0.25) is 0 Å². The normalized spacial score (nSPS) is 13.8. The van der Waals surface area contributed by atoms with E-state index in [1.807, 2.05) is 50.6 Å². The third kappa shape index (κ3) is 15.4. The molecule has 0 saturated heterocycles. The highest BCUT2D eigenvalue weighted by molar-refractivity contribution is 5.91. The molecule has 0 aliphatic carbocycles. The summed E-state index contributed by atoms with van der Waals surface area (Å²) in [7, 11) is 2.03. The van der Waals surface area contributed by atoms with E-state index in [1.54, 1.807) is 0 Å². The van der Waals surface area contributed by atoms with Crippen LogP contribution in [0, 0.1) is 0 Å². The SMILES string of the molecule is CCCCCCCCCCCCCCCCOCC(COC(=O)c1ccccc1CN1C=CN(C)C1)OCC. The zero-order chi connectivity index (χ0) is 28.0. The highest BCUT2D eigenvalue weighted by Gasteiger charge is 2.18. The molecule has 1 aliphatic heterocycles. The van der Waals surface area contributed by atoms with Crippen molar-refractivity contribution in [1.82, 2.24) is 9.80 Å². The van der Waals surface area contributed by atoms with Gasteiger partial charge in [-0.1, -0.05) is 109 Å². The van der Waals surface area contributed by atoms with E-state index in [0.717, 1.165) is 25.3 Å². The zero-order valence-electron chi connectivity index (χ0n) is 25.2. The molecule has 1 aromatic rings. The van der Waals surface area contributed by atoms with Crippen molar-refractivity contribution in [1.29, 1.82) is 0 Å². The summed E-state index contributed by atoms with van der Waals surface area (Å²) in [6.07, 6.45) is 22.7. The van der Waals surface area contributed by atoms with Crippen LogP contribution in [-0.4, -0.2) is 62.0 Å². The number of ether oxygens (including phenoxy) is 3. The molecule has 0 spiro atoms. The van der Waals surface area contributed by atoms with E-state index in [4.69, 9.17) is 14.2 Å². The van der Waals surface area contributed by atoms with Gasteiger partial charge >= 0.3 is 5.97 Å². The van der Waals surface area contributed by atoms with Crippen molar-refractivity contribution in [2.45, 2.75) is 116 Å². The summed E-state index contributed by atoms with van der Waals surface area (Å²) in [6.45, 7) is 7.67. The molecule has 0 amide bonds. The lowest BCUT2D eigenvalue weighted by molar-refractivity contribution is -0.0466. The van der Waals surface area contributed by atoms with Gasteiger partial charge in [0.1, 0.15) is 12.7 Å². The van der Waals surface area contributed by atoms with Gasteiger partial charge in [-0.3, -0.25) is 0 Å². The molecule has 1 unspecified atom stereocenters. The minimum Gasteiger partial charge on any atom is -0.459 e. The summed E-state index contributed by atoms with van der Waals surface area (Å²) >= 11 is 0. The standard InChI is InChI=1S/C33H56N2O4/c1-4-6-7-8-9-10-11-12-13-14-15-16-17-20-25-37-27-31(38-5-2)28-39-33(36)32-22-19-18-21-30(32)26-35-24-23-34(3)29-35/h18-19,21-24,31H,4-17,20,25-29H2,1-3H3. The smallest absolute Gasteiger partial charge is 0.338 e. The second kappa shape index (κ2) is 21.7. The molecule has 0 bridgehead atoms. The molecule has 6 nitrogen and oxygen atoms in total. The summed E-state index contributed by atoms with van der Waals surface area (Å²) in [4.78, 5) is 17.1. The highest BCUT2D eigenvalue weighted by Crippen LogP contribution is 2.17. The monoisotopic (exact) mass is 544 g/mol. The van der Waals surface area contributed by atoms with Gasteiger partial charge in [0.25, 0.3) is 0 Å². The fourth-order valence-electron chi connectivity index (χ4n) is 5.01. The maximum absolute atomic E-state index is 12.9. The summed E-state index contributed by atoms with van der Waals surface area (Å²) < 4.78 is 17.3. The third-order valence-corrected chi connectivity index (χ3v) is 7.30. The van der Waals surface area contributed by atoms with E-state index >= 15 is 0 Å². The van der Waals surface area contributed by atoms with Crippen LogP contribution in [0.5, 0.6) is 0 Å². The maximum atomic E-state index is 12.9. The molecule has 0 radical (unpaired) electrons. The van der Waals surface area contributed by atoms with Crippen LogP contribution in [0.1, 0.15) is 120 Å². The number of benzene rings is 1. The second-order valence-electron chi connectivity index (χ2n) is 10.9. The van der Waals surface area contributed by atoms with Crippen LogP contribution in [0.4, 0.5) is 0 Å². The molecule has 0 N–H and O–H groups in total. The molecule has 222 valence electrons. The number of rotatable bonds is 24. The largest absolute Gasteiger partial charge is 0.459 e. The summed E-state index contributed by atoms with van der Waals surface area (Å²) in [5.74, 6) is -0.307. The first-order chi connectivity index (χ1) is 19.1. The molecule has 1 aromatic carbocycles. The molecule has 1 atom stereocenters. The lowest BCUT2D eigenvalue weighted by Gasteiger charge is -2.20. The van der Waals surface area contributed by atoms with Crippen LogP contribution >= 0.6 is 0 Å². The summed E-state index contributed by atoms with van der Waals surface area (Å²) in [5.41, 5.74) is 1.57. The Labute approximate surface area is 239 Å². The van der Waals surface area contributed by atoms with Crippen LogP contribution < -0.4 is 0 Å². The molecule has 1 heterocycles. The molecule has 0 fully saturated rings. The maximum Gasteiger partial charge on any atom is 0.338 e. The molecule has 6 heteroatoms. The lowest BCUT2D eigenvalue weighted by atomic mass is 10.0. The Bertz CT molecular complexity index is 785. The van der Waals surface area contributed by atoms with Gasteiger partial charge in [-0.2, -0.15) is 0 Å². The number of hydrogen-bond donors (Lipinski definition) is 0. The van der Waals surface area contributed by atoms with Gasteiger partial charge in [0.2, 0.25) is 0 Å². The number of carbonyl (C=O) groups excluding carboxylic acids is 1. The van der Waals surface area contributed by atoms with Crippen LogP contribution in [-0.2, 0) is 20.8 Å². The number of hydrogen-bond acceptors (Lipinski definition) is 6. The fourth-order valence-corrected chi connectivity index (χ4v) is 5.01. The Kier molecular flexibility index (Phi) is 18.5. The Hall–Kier alpha value is -2.05. The van der Waals surface area contributed by atoms with E-state index in [-0.39, 0.29) is 18.7 Å². The Morgan fingerprint density at radius 3 is 2.03 bits per heavy atom. The summed E-state index contributed by atoms with van der Waals surface area (Å²) in [5, 5.41) is 0. The van der Waals surface area contributed by atoms with Gasteiger partial charge in [-0.05, 0) is 25.0 Å². The van der Waals surface area contributed by atoms with Gasteiger partial charge in [0.15, 0.2) is 0 Å². The topological polar surface area (TPSA) is 51.2 Å². The Morgan fingerprint density at radius 1 is 0.821 bits per heavy atom. The molecule has 2 rings (SSSR count). The lowest BCUT2D eigenvalue weighted by Crippen LogP contribution is -2.28. The van der Waals surface area contributed by atoms with E-state index in [2.05, 4.69) is 16.7 Å². The van der Waals surface area contributed by atoms with Crippen molar-refractivity contribution in [2.75, 3.05) is 40.1 Å². The predicted molar refractivity (Wildman–Crippen MR) is 161 cm³/mol. The van der Waals surface area contributed by atoms with Crippen LogP contribution in [0.25, 0.3) is 0 Å². The van der Waals surface area contributed by atoms with Gasteiger partial charge in [0, 0.05) is 39.2 Å². The fraction of sp³-hybridized carbons (Fsp3) is 0.727. The number of nitrogens with zero attached hydrogens (tertiary/aromatic N) is 2. The van der Waals surface area contributed by atoms with Gasteiger partial charge in [-0.25, -0.2) is 4.79 Å². The first-order valence-electron chi connectivity index (χ1n) is 15.7. The zero-order valence-corrected chi connectivity index (χ0v) is 25.2. The van der Waals surface area contributed by atoms with Crippen molar-refractivity contribution < 1.29 is 19.0 Å². The van der Waals surface area contributed by atoms with E-state index < -0.39 is 0 Å². The van der Waals surface area contributed by atoms with E-state index in [1.165, 1.54) is 83.5 Å². The average molecular weight is 545 g/mol. The molecular formula is C33H56N2O4. The molecule has 1 aliphatic rings. The first kappa shape index (κ1) is 33.2. The molecule has 0 aromatic heterocycles. The van der Waals surface area contributed by atoms with Crippen molar-refractivity contribution in [3.8, 4) is 0 Å². The first-order valence-corrected chi connectivity index (χ1v) is 15.7. The number of carbonyl (C=O) groups is 1. The van der Waals surface area contributed by atoms with E-state index in [0.29, 0.717) is 25.3 Å². The van der Waals surface area contributed by atoms with Crippen molar-refractivity contribution in [3.63, 3.8) is 0 Å².